The Bertz CT molecular complexity index is 410. The van der Waals surface area contributed by atoms with E-state index < -0.39 is 0 Å². The van der Waals surface area contributed by atoms with E-state index in [0.717, 1.165) is 17.8 Å². The number of amides is 2. The lowest BCUT2D eigenvalue weighted by molar-refractivity contribution is 0.120. The van der Waals surface area contributed by atoms with Crippen LogP contribution in [0.15, 0.2) is 24.3 Å². The van der Waals surface area contributed by atoms with Gasteiger partial charge in [-0.25, -0.2) is 4.79 Å². The summed E-state index contributed by atoms with van der Waals surface area (Å²) in [4.78, 5) is 13.7. The van der Waals surface area contributed by atoms with E-state index in [2.05, 4.69) is 10.6 Å². The van der Waals surface area contributed by atoms with Gasteiger partial charge in [-0.1, -0.05) is 12.1 Å². The first kappa shape index (κ1) is 16.4. The predicted molar refractivity (Wildman–Crippen MR) is 80.7 cm³/mol. The Kier molecular flexibility index (Phi) is 7.64. The number of nitrogens with two attached hydrogens (primary N) is 1. The lowest BCUT2D eigenvalue weighted by Crippen LogP contribution is -2.32. The summed E-state index contributed by atoms with van der Waals surface area (Å²) in [6, 6.07) is 7.22. The fraction of sp³-hybridized carbons (Fsp3) is 0.500. The summed E-state index contributed by atoms with van der Waals surface area (Å²) in [6.07, 6.45) is 0. The Morgan fingerprint density at radius 3 is 2.85 bits per heavy atom. The van der Waals surface area contributed by atoms with Crippen molar-refractivity contribution < 1.29 is 9.53 Å². The molecule has 0 aromatic heterocycles. The minimum Gasteiger partial charge on any atom is -0.378 e. The molecule has 0 aliphatic rings. The van der Waals surface area contributed by atoms with Crippen molar-refractivity contribution in [3.05, 3.63) is 29.8 Å². The molecule has 0 aliphatic heterocycles. The quantitative estimate of drug-likeness (QED) is 0.617. The zero-order valence-corrected chi connectivity index (χ0v) is 12.2. The molecule has 0 aliphatic carbocycles. The SMILES string of the molecule is CN(C)CCOCCNC(=O)Nc1cccc(CN)c1. The number of benzene rings is 1. The molecule has 0 saturated carbocycles. The van der Waals surface area contributed by atoms with Gasteiger partial charge < -0.3 is 26.0 Å². The van der Waals surface area contributed by atoms with Gasteiger partial charge in [0.05, 0.1) is 13.2 Å². The van der Waals surface area contributed by atoms with Crippen molar-refractivity contribution in [3.8, 4) is 0 Å². The van der Waals surface area contributed by atoms with Crippen LogP contribution in [0.2, 0.25) is 0 Å². The van der Waals surface area contributed by atoms with E-state index in [9.17, 15) is 4.79 Å². The summed E-state index contributed by atoms with van der Waals surface area (Å²) < 4.78 is 5.38. The molecule has 0 saturated heterocycles. The molecule has 2 amide bonds. The number of likely N-dealkylation sites (N-methyl/N-ethyl adjacent to an activating group) is 1. The number of nitrogens with one attached hydrogen (secondary N) is 2. The number of hydrogen-bond acceptors (Lipinski definition) is 4. The highest BCUT2D eigenvalue weighted by Gasteiger charge is 2.01. The summed E-state index contributed by atoms with van der Waals surface area (Å²) in [5.74, 6) is 0. The van der Waals surface area contributed by atoms with Crippen LogP contribution in [0.1, 0.15) is 5.56 Å². The van der Waals surface area contributed by atoms with Crippen LogP contribution in [0, 0.1) is 0 Å². The standard InChI is InChI=1S/C14H24N4O2/c1-18(2)7-9-20-8-6-16-14(19)17-13-5-3-4-12(10-13)11-15/h3-5,10H,6-9,11,15H2,1-2H3,(H2,16,17,19). The molecule has 1 rings (SSSR count). The Labute approximate surface area is 120 Å². The van der Waals surface area contributed by atoms with Gasteiger partial charge in [-0.15, -0.1) is 0 Å². The second kappa shape index (κ2) is 9.30. The fourth-order valence-corrected chi connectivity index (χ4v) is 1.54. The number of carbonyl (C=O) groups excluding carboxylic acids is 1. The van der Waals surface area contributed by atoms with Crippen LogP contribution in [0.5, 0.6) is 0 Å². The highest BCUT2D eigenvalue weighted by atomic mass is 16.5. The average Bonchev–Trinajstić information content (AvgIpc) is 2.42. The van der Waals surface area contributed by atoms with Gasteiger partial charge in [-0.05, 0) is 31.8 Å². The van der Waals surface area contributed by atoms with Crippen LogP contribution in [0.25, 0.3) is 0 Å². The molecular weight excluding hydrogens is 256 g/mol. The molecule has 0 spiro atoms. The van der Waals surface area contributed by atoms with Crippen LogP contribution in [0.3, 0.4) is 0 Å². The largest absolute Gasteiger partial charge is 0.378 e. The van der Waals surface area contributed by atoms with Crippen LogP contribution >= 0.6 is 0 Å². The lowest BCUT2D eigenvalue weighted by Gasteiger charge is -2.11. The van der Waals surface area contributed by atoms with Gasteiger partial charge in [0.2, 0.25) is 0 Å². The average molecular weight is 280 g/mol. The van der Waals surface area contributed by atoms with Crippen molar-refractivity contribution in [2.75, 3.05) is 45.7 Å². The van der Waals surface area contributed by atoms with Gasteiger partial charge in [0.1, 0.15) is 0 Å². The molecular formula is C14H24N4O2. The molecule has 1 aromatic rings. The number of ether oxygens (including phenoxy) is 1. The van der Waals surface area contributed by atoms with E-state index in [0.29, 0.717) is 26.3 Å². The zero-order valence-electron chi connectivity index (χ0n) is 12.2. The molecule has 0 radical (unpaired) electrons. The third-order valence-corrected chi connectivity index (χ3v) is 2.64. The zero-order chi connectivity index (χ0) is 14.8. The minimum atomic E-state index is -0.240. The van der Waals surface area contributed by atoms with Gasteiger partial charge in [0, 0.05) is 25.3 Å². The molecule has 0 heterocycles. The van der Waals surface area contributed by atoms with Crippen molar-refractivity contribution in [3.63, 3.8) is 0 Å². The van der Waals surface area contributed by atoms with Crippen LogP contribution in [-0.4, -0.2) is 51.3 Å². The Morgan fingerprint density at radius 2 is 2.15 bits per heavy atom. The third kappa shape index (κ3) is 7.08. The highest BCUT2D eigenvalue weighted by Crippen LogP contribution is 2.09. The smallest absolute Gasteiger partial charge is 0.319 e. The summed E-state index contributed by atoms with van der Waals surface area (Å²) >= 11 is 0. The Hall–Kier alpha value is -1.63. The summed E-state index contributed by atoms with van der Waals surface area (Å²) in [7, 11) is 3.98. The van der Waals surface area contributed by atoms with E-state index in [-0.39, 0.29) is 6.03 Å². The van der Waals surface area contributed by atoms with Gasteiger partial charge in [0.15, 0.2) is 0 Å². The predicted octanol–water partition coefficient (Wildman–Crippen LogP) is 0.845. The molecule has 0 atom stereocenters. The van der Waals surface area contributed by atoms with Crippen molar-refractivity contribution >= 4 is 11.7 Å². The summed E-state index contributed by atoms with van der Waals surface area (Å²) in [5.41, 5.74) is 7.27. The Morgan fingerprint density at radius 1 is 1.35 bits per heavy atom. The molecule has 112 valence electrons. The molecule has 0 unspecified atom stereocenters. The van der Waals surface area contributed by atoms with Crippen LogP contribution in [-0.2, 0) is 11.3 Å². The number of carbonyl (C=O) groups is 1. The summed E-state index contributed by atoms with van der Waals surface area (Å²) in [5, 5.41) is 5.49. The van der Waals surface area contributed by atoms with Crippen molar-refractivity contribution in [2.24, 2.45) is 5.73 Å². The normalized spacial score (nSPS) is 10.6. The molecule has 0 bridgehead atoms. The summed E-state index contributed by atoms with van der Waals surface area (Å²) in [6.45, 7) is 2.98. The van der Waals surface area contributed by atoms with Gasteiger partial charge in [-0.3, -0.25) is 0 Å². The van der Waals surface area contributed by atoms with Gasteiger partial charge in [-0.2, -0.15) is 0 Å². The monoisotopic (exact) mass is 280 g/mol. The van der Waals surface area contributed by atoms with Crippen molar-refractivity contribution in [2.45, 2.75) is 6.54 Å². The first-order chi connectivity index (χ1) is 9.61. The molecule has 4 N–H and O–H groups in total. The van der Waals surface area contributed by atoms with E-state index in [1.807, 2.05) is 43.3 Å². The maximum atomic E-state index is 11.6. The molecule has 6 nitrogen and oxygen atoms in total. The van der Waals surface area contributed by atoms with Gasteiger partial charge in [0.25, 0.3) is 0 Å². The second-order valence-corrected chi connectivity index (χ2v) is 4.70. The first-order valence-electron chi connectivity index (χ1n) is 6.68. The fourth-order valence-electron chi connectivity index (χ4n) is 1.54. The first-order valence-corrected chi connectivity index (χ1v) is 6.68. The van der Waals surface area contributed by atoms with E-state index >= 15 is 0 Å². The number of nitrogens with zero attached hydrogens (tertiary/aromatic N) is 1. The van der Waals surface area contributed by atoms with Gasteiger partial charge >= 0.3 is 6.03 Å². The van der Waals surface area contributed by atoms with Crippen LogP contribution < -0.4 is 16.4 Å². The maximum absolute atomic E-state index is 11.6. The second-order valence-electron chi connectivity index (χ2n) is 4.70. The van der Waals surface area contributed by atoms with E-state index in [1.165, 1.54) is 0 Å². The van der Waals surface area contributed by atoms with E-state index in [4.69, 9.17) is 10.5 Å². The third-order valence-electron chi connectivity index (χ3n) is 2.64. The molecule has 20 heavy (non-hydrogen) atoms. The number of anilines is 1. The lowest BCUT2D eigenvalue weighted by atomic mass is 10.2. The number of hydrogen-bond donors (Lipinski definition) is 3. The molecule has 0 fully saturated rings. The highest BCUT2D eigenvalue weighted by molar-refractivity contribution is 5.89. The number of urea groups is 1. The van der Waals surface area contributed by atoms with Crippen molar-refractivity contribution in [1.82, 2.24) is 10.2 Å². The topological polar surface area (TPSA) is 79.6 Å². The number of rotatable bonds is 8. The minimum absolute atomic E-state index is 0.240. The van der Waals surface area contributed by atoms with Crippen LogP contribution in [0.4, 0.5) is 10.5 Å². The Balaban J connectivity index is 2.16. The van der Waals surface area contributed by atoms with Crippen molar-refractivity contribution in [1.29, 1.82) is 0 Å². The maximum Gasteiger partial charge on any atom is 0.319 e. The molecule has 1 aromatic carbocycles. The van der Waals surface area contributed by atoms with E-state index in [1.54, 1.807) is 0 Å². The molecule has 6 heteroatoms.